The van der Waals surface area contributed by atoms with Gasteiger partial charge in [-0.1, -0.05) is 24.1 Å². The lowest BCUT2D eigenvalue weighted by Crippen LogP contribution is -2.34. The van der Waals surface area contributed by atoms with Crippen LogP contribution in [0.4, 0.5) is 0 Å². The third-order valence-electron chi connectivity index (χ3n) is 1.96. The maximum atomic E-state index is 11.5. The number of quaternary nitrogens is 1. The van der Waals surface area contributed by atoms with Gasteiger partial charge >= 0.3 is 5.97 Å². The number of benzene rings is 1. The van der Waals surface area contributed by atoms with E-state index >= 15 is 0 Å². The predicted octanol–water partition coefficient (Wildman–Crippen LogP) is 1.55. The van der Waals surface area contributed by atoms with E-state index in [0.717, 1.165) is 11.0 Å². The normalized spacial score (nSPS) is 10.3. The summed E-state index contributed by atoms with van der Waals surface area (Å²) in [5.41, 5.74) is 0.556. The van der Waals surface area contributed by atoms with Crippen molar-refractivity contribution in [1.82, 2.24) is 0 Å². The van der Waals surface area contributed by atoms with Crippen molar-refractivity contribution in [2.45, 2.75) is 0 Å². The lowest BCUT2D eigenvalue weighted by atomic mass is 10.2. The van der Waals surface area contributed by atoms with Gasteiger partial charge in [-0.05, 0) is 18.1 Å². The Morgan fingerprint density at radius 2 is 1.82 bits per heavy atom. The highest BCUT2D eigenvalue weighted by Gasteiger charge is 2.04. The summed E-state index contributed by atoms with van der Waals surface area (Å²) in [6.45, 7) is 0.886. The lowest BCUT2D eigenvalue weighted by molar-refractivity contribution is -0.862. The largest absolute Gasteiger partial charge is 0.449 e. The van der Waals surface area contributed by atoms with Crippen molar-refractivity contribution in [3.05, 3.63) is 35.9 Å². The monoisotopic (exact) mass is 232 g/mol. The molecule has 1 aromatic rings. The van der Waals surface area contributed by atoms with Gasteiger partial charge in [-0.15, -0.1) is 0 Å². The van der Waals surface area contributed by atoms with E-state index in [9.17, 15) is 4.79 Å². The molecule has 0 aromatic heterocycles. The van der Waals surface area contributed by atoms with Crippen LogP contribution in [-0.4, -0.2) is 44.7 Å². The van der Waals surface area contributed by atoms with E-state index in [2.05, 4.69) is 33.0 Å². The van der Waals surface area contributed by atoms with E-state index in [1.165, 1.54) is 0 Å². The minimum atomic E-state index is -0.329. The molecule has 3 heteroatoms. The smallest absolute Gasteiger partial charge is 0.339 e. The number of nitrogens with zero attached hydrogens (tertiary/aromatic N) is 1. The van der Waals surface area contributed by atoms with Gasteiger partial charge < -0.3 is 9.22 Å². The number of ether oxygens (including phenoxy) is 1. The van der Waals surface area contributed by atoms with Gasteiger partial charge in [0.15, 0.2) is 6.61 Å². The van der Waals surface area contributed by atoms with Crippen LogP contribution in [0.3, 0.4) is 0 Å². The van der Waals surface area contributed by atoms with Crippen LogP contribution in [0.5, 0.6) is 0 Å². The molecule has 0 aliphatic heterocycles. The van der Waals surface area contributed by atoms with Crippen LogP contribution >= 0.6 is 0 Å². The number of rotatable bonds is 3. The molecule has 0 saturated carbocycles. The first kappa shape index (κ1) is 13.3. The fourth-order valence-electron chi connectivity index (χ4n) is 1.10. The van der Waals surface area contributed by atoms with Crippen LogP contribution in [0.2, 0.25) is 0 Å². The fourth-order valence-corrected chi connectivity index (χ4v) is 1.10. The average molecular weight is 232 g/mol. The Balaban J connectivity index is 2.35. The second kappa shape index (κ2) is 6.07. The van der Waals surface area contributed by atoms with Crippen LogP contribution in [-0.2, 0) is 4.74 Å². The third kappa shape index (κ3) is 5.74. The SMILES string of the molecule is C[N+](C)(C)CC#CCOC(=O)c1ccccc1. The van der Waals surface area contributed by atoms with E-state index in [1.807, 2.05) is 6.07 Å². The van der Waals surface area contributed by atoms with Crippen molar-refractivity contribution in [2.75, 3.05) is 34.3 Å². The van der Waals surface area contributed by atoms with Gasteiger partial charge in [-0.25, -0.2) is 4.79 Å². The third-order valence-corrected chi connectivity index (χ3v) is 1.96. The topological polar surface area (TPSA) is 26.3 Å². The Morgan fingerprint density at radius 1 is 1.18 bits per heavy atom. The van der Waals surface area contributed by atoms with Gasteiger partial charge in [0, 0.05) is 0 Å². The molecule has 0 bridgehead atoms. The zero-order chi connectivity index (χ0) is 12.7. The molecule has 0 amide bonds. The summed E-state index contributed by atoms with van der Waals surface area (Å²) in [6, 6.07) is 8.92. The summed E-state index contributed by atoms with van der Waals surface area (Å²) in [5.74, 6) is 5.48. The quantitative estimate of drug-likeness (QED) is 0.449. The first-order chi connectivity index (χ1) is 7.99. The summed E-state index contributed by atoms with van der Waals surface area (Å²) in [7, 11) is 6.18. The minimum Gasteiger partial charge on any atom is -0.449 e. The molecule has 1 aromatic carbocycles. The Hall–Kier alpha value is -1.79. The molecule has 0 radical (unpaired) electrons. The zero-order valence-corrected chi connectivity index (χ0v) is 10.6. The summed E-state index contributed by atoms with van der Waals surface area (Å²) < 4.78 is 5.80. The van der Waals surface area contributed by atoms with Gasteiger partial charge in [-0.2, -0.15) is 0 Å². The molecule has 17 heavy (non-hydrogen) atoms. The van der Waals surface area contributed by atoms with Gasteiger partial charge in [0.05, 0.1) is 26.7 Å². The number of carbonyl (C=O) groups excluding carboxylic acids is 1. The molecule has 1 rings (SSSR count). The molecular weight excluding hydrogens is 214 g/mol. The van der Waals surface area contributed by atoms with Crippen LogP contribution in [0, 0.1) is 11.8 Å². The van der Waals surface area contributed by atoms with Gasteiger partial charge in [0.1, 0.15) is 6.54 Å². The number of hydrogen-bond acceptors (Lipinski definition) is 2. The van der Waals surface area contributed by atoms with Crippen molar-refractivity contribution in [2.24, 2.45) is 0 Å². The molecule has 0 heterocycles. The van der Waals surface area contributed by atoms with Crippen molar-refractivity contribution < 1.29 is 14.0 Å². The molecule has 0 atom stereocenters. The average Bonchev–Trinajstić information content (AvgIpc) is 2.28. The molecule has 0 fully saturated rings. The first-order valence-electron chi connectivity index (χ1n) is 5.47. The Bertz CT molecular complexity index is 421. The molecule has 0 saturated heterocycles. The molecule has 90 valence electrons. The maximum Gasteiger partial charge on any atom is 0.339 e. The number of hydrogen-bond donors (Lipinski definition) is 0. The van der Waals surface area contributed by atoms with Crippen LogP contribution in [0.1, 0.15) is 10.4 Å². The standard InChI is InChI=1S/C14H18NO2/c1-15(2,3)11-7-8-12-17-14(16)13-9-5-4-6-10-13/h4-6,9-10H,11-12H2,1-3H3/q+1. The highest BCUT2D eigenvalue weighted by molar-refractivity contribution is 5.89. The van der Waals surface area contributed by atoms with Crippen molar-refractivity contribution in [1.29, 1.82) is 0 Å². The Morgan fingerprint density at radius 3 is 2.41 bits per heavy atom. The predicted molar refractivity (Wildman–Crippen MR) is 67.4 cm³/mol. The number of esters is 1. The molecule has 0 aliphatic carbocycles. The summed E-state index contributed by atoms with van der Waals surface area (Å²) >= 11 is 0. The van der Waals surface area contributed by atoms with E-state index < -0.39 is 0 Å². The van der Waals surface area contributed by atoms with Crippen LogP contribution in [0.15, 0.2) is 30.3 Å². The highest BCUT2D eigenvalue weighted by atomic mass is 16.5. The van der Waals surface area contributed by atoms with Crippen LogP contribution in [0.25, 0.3) is 0 Å². The van der Waals surface area contributed by atoms with Crippen molar-refractivity contribution in [3.63, 3.8) is 0 Å². The lowest BCUT2D eigenvalue weighted by Gasteiger charge is -2.19. The highest BCUT2D eigenvalue weighted by Crippen LogP contribution is 2.00. The van der Waals surface area contributed by atoms with E-state index in [1.54, 1.807) is 24.3 Å². The second-order valence-electron chi connectivity index (χ2n) is 4.74. The minimum absolute atomic E-state index is 0.147. The second-order valence-corrected chi connectivity index (χ2v) is 4.74. The van der Waals surface area contributed by atoms with Crippen molar-refractivity contribution >= 4 is 5.97 Å². The number of carbonyl (C=O) groups is 1. The summed E-state index contributed by atoms with van der Waals surface area (Å²) in [5, 5.41) is 0. The Kier molecular flexibility index (Phi) is 4.74. The van der Waals surface area contributed by atoms with Crippen LogP contribution < -0.4 is 0 Å². The molecule has 3 nitrogen and oxygen atoms in total. The van der Waals surface area contributed by atoms with E-state index in [0.29, 0.717) is 5.56 Å². The van der Waals surface area contributed by atoms with Crippen molar-refractivity contribution in [3.8, 4) is 11.8 Å². The molecule has 0 aliphatic rings. The Labute approximate surface area is 103 Å². The fraction of sp³-hybridized carbons (Fsp3) is 0.357. The summed E-state index contributed by atoms with van der Waals surface area (Å²) in [4.78, 5) is 11.5. The zero-order valence-electron chi connectivity index (χ0n) is 10.6. The maximum absolute atomic E-state index is 11.5. The van der Waals surface area contributed by atoms with Gasteiger partial charge in [0.2, 0.25) is 0 Å². The van der Waals surface area contributed by atoms with Gasteiger partial charge in [0.25, 0.3) is 0 Å². The van der Waals surface area contributed by atoms with E-state index in [4.69, 9.17) is 4.74 Å². The summed E-state index contributed by atoms with van der Waals surface area (Å²) in [6.07, 6.45) is 0. The van der Waals surface area contributed by atoms with Gasteiger partial charge in [-0.3, -0.25) is 0 Å². The molecular formula is C14H18NO2+. The first-order valence-corrected chi connectivity index (χ1v) is 5.47. The molecule has 0 N–H and O–H groups in total. The van der Waals surface area contributed by atoms with E-state index in [-0.39, 0.29) is 12.6 Å². The molecule has 0 unspecified atom stereocenters. The molecule has 0 spiro atoms.